The van der Waals surface area contributed by atoms with Gasteiger partial charge in [0.25, 0.3) is 10.1 Å². The van der Waals surface area contributed by atoms with Gasteiger partial charge in [-0.3, -0.25) is 8.98 Å². The maximum absolute atomic E-state index is 13.4. The van der Waals surface area contributed by atoms with Crippen molar-refractivity contribution >= 4 is 33.5 Å². The molecule has 4 rings (SSSR count). The van der Waals surface area contributed by atoms with Gasteiger partial charge in [0.2, 0.25) is 5.91 Å². The van der Waals surface area contributed by atoms with Crippen molar-refractivity contribution in [2.45, 2.75) is 30.3 Å². The van der Waals surface area contributed by atoms with Crippen molar-refractivity contribution < 1.29 is 26.9 Å². The van der Waals surface area contributed by atoms with Crippen LogP contribution in [0.3, 0.4) is 0 Å². The standard InChI is InChI=1S/C27H29NO6S2/c1-35-25-14-7-9-19(18-32-15-8-16-33-36(2,30)31)27(25)28-26(29)17-22-20-10-3-5-12-23(20)34-24-13-6-4-11-21(22)24/h3-7,9-14,22H,8,15-18H2,1-2H3,(H,28,29). The third-order valence-corrected chi connectivity index (χ3v) is 7.16. The molecule has 7 nitrogen and oxygen atoms in total. The molecule has 0 fully saturated rings. The first-order valence-corrected chi connectivity index (χ1v) is 14.6. The third kappa shape index (κ3) is 6.67. The summed E-state index contributed by atoms with van der Waals surface area (Å²) in [6.07, 6.45) is 3.69. The van der Waals surface area contributed by atoms with E-state index in [-0.39, 0.29) is 31.5 Å². The number of hydrogen-bond donors (Lipinski definition) is 1. The van der Waals surface area contributed by atoms with Crippen molar-refractivity contribution in [2.75, 3.05) is 31.0 Å². The van der Waals surface area contributed by atoms with E-state index < -0.39 is 10.1 Å². The van der Waals surface area contributed by atoms with E-state index in [9.17, 15) is 13.2 Å². The summed E-state index contributed by atoms with van der Waals surface area (Å²) in [5.74, 6) is 1.32. The van der Waals surface area contributed by atoms with Crippen molar-refractivity contribution in [1.82, 2.24) is 0 Å². The van der Waals surface area contributed by atoms with E-state index in [4.69, 9.17) is 13.7 Å². The van der Waals surface area contributed by atoms with Crippen LogP contribution < -0.4 is 10.1 Å². The molecule has 36 heavy (non-hydrogen) atoms. The number of carbonyl (C=O) groups excluding carboxylic acids is 1. The van der Waals surface area contributed by atoms with E-state index in [2.05, 4.69) is 5.32 Å². The van der Waals surface area contributed by atoms with E-state index in [0.717, 1.165) is 45.0 Å². The average molecular weight is 528 g/mol. The minimum Gasteiger partial charge on any atom is -0.457 e. The fraction of sp³-hybridized carbons (Fsp3) is 0.296. The van der Waals surface area contributed by atoms with Gasteiger partial charge in [-0.2, -0.15) is 8.42 Å². The summed E-state index contributed by atoms with van der Waals surface area (Å²) < 4.78 is 38.7. The van der Waals surface area contributed by atoms with Gasteiger partial charge in [-0.25, -0.2) is 0 Å². The summed E-state index contributed by atoms with van der Waals surface area (Å²) in [7, 11) is -3.46. The fourth-order valence-electron chi connectivity index (χ4n) is 4.17. The predicted octanol–water partition coefficient (Wildman–Crippen LogP) is 5.56. The Labute approximate surface area is 216 Å². The van der Waals surface area contributed by atoms with Crippen LogP contribution in [0.1, 0.15) is 35.4 Å². The lowest BCUT2D eigenvalue weighted by Gasteiger charge is -2.28. The highest BCUT2D eigenvalue weighted by atomic mass is 32.2. The molecule has 1 heterocycles. The topological polar surface area (TPSA) is 90.9 Å². The van der Waals surface area contributed by atoms with E-state index >= 15 is 0 Å². The van der Waals surface area contributed by atoms with Crippen molar-refractivity contribution in [2.24, 2.45) is 0 Å². The van der Waals surface area contributed by atoms with Crippen molar-refractivity contribution in [1.29, 1.82) is 0 Å². The number of nitrogens with one attached hydrogen (secondary N) is 1. The molecule has 3 aromatic rings. The fourth-order valence-corrected chi connectivity index (χ4v) is 5.19. The molecule has 1 N–H and O–H groups in total. The molecule has 0 radical (unpaired) electrons. The number of hydrogen-bond acceptors (Lipinski definition) is 7. The molecule has 0 spiro atoms. The van der Waals surface area contributed by atoms with E-state index in [0.29, 0.717) is 13.0 Å². The number of thioether (sulfide) groups is 1. The molecule has 9 heteroatoms. The molecule has 0 aromatic heterocycles. The zero-order valence-electron chi connectivity index (χ0n) is 20.2. The molecule has 3 aromatic carbocycles. The van der Waals surface area contributed by atoms with Crippen LogP contribution in [0.15, 0.2) is 71.6 Å². The van der Waals surface area contributed by atoms with Gasteiger partial charge in [-0.1, -0.05) is 48.5 Å². The summed E-state index contributed by atoms with van der Waals surface area (Å²) in [5.41, 5.74) is 3.57. The monoisotopic (exact) mass is 527 g/mol. The second-order valence-electron chi connectivity index (χ2n) is 8.41. The summed E-state index contributed by atoms with van der Waals surface area (Å²) in [6, 6.07) is 21.4. The van der Waals surface area contributed by atoms with Crippen LogP contribution in [-0.2, 0) is 30.4 Å². The van der Waals surface area contributed by atoms with Gasteiger partial charge in [0, 0.05) is 40.5 Å². The van der Waals surface area contributed by atoms with Crippen LogP contribution in [0, 0.1) is 0 Å². The molecule has 1 aliphatic rings. The van der Waals surface area contributed by atoms with Crippen LogP contribution in [0.25, 0.3) is 0 Å². The molecular weight excluding hydrogens is 498 g/mol. The molecule has 1 aliphatic heterocycles. The van der Waals surface area contributed by atoms with Crippen LogP contribution in [-0.4, -0.2) is 40.1 Å². The Bertz CT molecular complexity index is 1280. The average Bonchev–Trinajstić information content (AvgIpc) is 2.86. The molecule has 0 aliphatic carbocycles. The maximum atomic E-state index is 13.4. The first kappa shape index (κ1) is 26.2. The Morgan fingerprint density at radius 1 is 0.972 bits per heavy atom. The third-order valence-electron chi connectivity index (χ3n) is 5.78. The number of amides is 1. The van der Waals surface area contributed by atoms with Crippen molar-refractivity contribution in [3.8, 4) is 11.5 Å². The van der Waals surface area contributed by atoms with Gasteiger partial charge < -0.3 is 14.8 Å². The predicted molar refractivity (Wildman–Crippen MR) is 141 cm³/mol. The van der Waals surface area contributed by atoms with Crippen LogP contribution in [0.5, 0.6) is 11.5 Å². The maximum Gasteiger partial charge on any atom is 0.264 e. The SMILES string of the molecule is CSc1cccc(COCCCOS(C)(=O)=O)c1NC(=O)CC1c2ccccc2Oc2ccccc21. The first-order chi connectivity index (χ1) is 17.4. The van der Waals surface area contributed by atoms with Crippen LogP contribution in [0.2, 0.25) is 0 Å². The van der Waals surface area contributed by atoms with Crippen molar-refractivity contribution in [3.05, 3.63) is 83.4 Å². The first-order valence-electron chi connectivity index (χ1n) is 11.6. The normalized spacial score (nSPS) is 12.9. The molecule has 0 bridgehead atoms. The second-order valence-corrected chi connectivity index (χ2v) is 10.9. The molecule has 0 saturated heterocycles. The van der Waals surface area contributed by atoms with E-state index in [1.807, 2.05) is 73.0 Å². The molecule has 1 amide bonds. The van der Waals surface area contributed by atoms with Gasteiger partial charge in [-0.05, 0) is 30.9 Å². The zero-order chi connectivity index (χ0) is 25.5. The van der Waals surface area contributed by atoms with Crippen molar-refractivity contribution in [3.63, 3.8) is 0 Å². The summed E-state index contributed by atoms with van der Waals surface area (Å²) >= 11 is 1.55. The lowest BCUT2D eigenvalue weighted by molar-refractivity contribution is -0.116. The molecule has 190 valence electrons. The lowest BCUT2D eigenvalue weighted by atomic mass is 9.85. The highest BCUT2D eigenvalue weighted by Gasteiger charge is 2.29. The van der Waals surface area contributed by atoms with Gasteiger partial charge in [0.15, 0.2) is 0 Å². The Balaban J connectivity index is 1.46. The highest BCUT2D eigenvalue weighted by molar-refractivity contribution is 7.98. The molecular formula is C27H29NO6S2. The number of benzene rings is 3. The highest BCUT2D eigenvalue weighted by Crippen LogP contribution is 2.45. The summed E-state index contributed by atoms with van der Waals surface area (Å²) in [5, 5.41) is 3.13. The lowest BCUT2D eigenvalue weighted by Crippen LogP contribution is -2.20. The molecule has 0 saturated carbocycles. The second kappa shape index (κ2) is 11.9. The van der Waals surface area contributed by atoms with Gasteiger partial charge in [0.05, 0.1) is 25.2 Å². The molecule has 0 atom stereocenters. The Morgan fingerprint density at radius 3 is 2.28 bits per heavy atom. The van der Waals surface area contributed by atoms with Gasteiger partial charge >= 0.3 is 0 Å². The smallest absolute Gasteiger partial charge is 0.264 e. The van der Waals surface area contributed by atoms with E-state index in [1.165, 1.54) is 0 Å². The largest absolute Gasteiger partial charge is 0.457 e. The summed E-state index contributed by atoms with van der Waals surface area (Å²) in [6.45, 7) is 0.690. The Kier molecular flexibility index (Phi) is 8.68. The summed E-state index contributed by atoms with van der Waals surface area (Å²) in [4.78, 5) is 14.3. The minimum atomic E-state index is -3.46. The van der Waals surface area contributed by atoms with E-state index in [1.54, 1.807) is 11.8 Å². The molecule has 0 unspecified atom stereocenters. The number of para-hydroxylation sites is 3. The van der Waals surface area contributed by atoms with Gasteiger partial charge in [0.1, 0.15) is 11.5 Å². The zero-order valence-corrected chi connectivity index (χ0v) is 21.9. The number of anilines is 1. The Morgan fingerprint density at radius 2 is 1.64 bits per heavy atom. The number of fused-ring (bicyclic) bond motifs is 2. The Hall–Kier alpha value is -2.85. The minimum absolute atomic E-state index is 0.0708. The number of ether oxygens (including phenoxy) is 2. The van der Waals surface area contributed by atoms with Crippen LogP contribution in [0.4, 0.5) is 5.69 Å². The van der Waals surface area contributed by atoms with Crippen LogP contribution >= 0.6 is 11.8 Å². The number of rotatable bonds is 11. The number of carbonyl (C=O) groups is 1. The quantitative estimate of drug-likeness (QED) is 0.198. The van der Waals surface area contributed by atoms with Gasteiger partial charge in [-0.15, -0.1) is 11.8 Å².